The van der Waals surface area contributed by atoms with E-state index in [-0.39, 0.29) is 0 Å². The maximum Gasteiger partial charge on any atom is 0.157 e. The number of hydrogen-bond acceptors (Lipinski definition) is 3. The third kappa shape index (κ3) is 1.97. The Hall–Kier alpha value is -1.68. The highest BCUT2D eigenvalue weighted by Gasteiger charge is 2.07. The van der Waals surface area contributed by atoms with Crippen LogP contribution in [0.3, 0.4) is 0 Å². The van der Waals surface area contributed by atoms with Gasteiger partial charge in [-0.15, -0.1) is 0 Å². The maximum absolute atomic E-state index is 5.67. The SMILES string of the molecule is CC(C)c1cnn(-c2ncccc2CN)c1. The molecule has 0 amide bonds. The molecule has 84 valence electrons. The third-order valence-corrected chi connectivity index (χ3v) is 2.57. The molecule has 2 heterocycles. The van der Waals surface area contributed by atoms with Gasteiger partial charge in [0.25, 0.3) is 0 Å². The first kappa shape index (κ1) is 10.8. The van der Waals surface area contributed by atoms with Crippen LogP contribution in [0.25, 0.3) is 5.82 Å². The Labute approximate surface area is 95.1 Å². The van der Waals surface area contributed by atoms with Crippen LogP contribution in [0.4, 0.5) is 0 Å². The average molecular weight is 216 g/mol. The molecule has 2 aromatic rings. The molecule has 0 fully saturated rings. The van der Waals surface area contributed by atoms with Crippen LogP contribution in [-0.4, -0.2) is 14.8 Å². The molecule has 0 unspecified atom stereocenters. The van der Waals surface area contributed by atoms with Crippen molar-refractivity contribution >= 4 is 0 Å². The van der Waals surface area contributed by atoms with E-state index in [9.17, 15) is 0 Å². The van der Waals surface area contributed by atoms with Crippen LogP contribution >= 0.6 is 0 Å². The van der Waals surface area contributed by atoms with Crippen molar-refractivity contribution in [3.63, 3.8) is 0 Å². The lowest BCUT2D eigenvalue weighted by molar-refractivity contribution is 0.819. The first-order chi connectivity index (χ1) is 7.72. The molecule has 2 aromatic heterocycles. The number of aromatic nitrogens is 3. The van der Waals surface area contributed by atoms with Gasteiger partial charge < -0.3 is 5.73 Å². The molecular weight excluding hydrogens is 200 g/mol. The molecular formula is C12H16N4. The standard InChI is InChI=1S/C12H16N4/c1-9(2)11-7-15-16(8-11)12-10(6-13)4-3-5-14-12/h3-5,7-9H,6,13H2,1-2H3. The van der Waals surface area contributed by atoms with Gasteiger partial charge in [0.15, 0.2) is 5.82 Å². The summed E-state index contributed by atoms with van der Waals surface area (Å²) < 4.78 is 1.79. The highest BCUT2D eigenvalue weighted by atomic mass is 15.3. The number of nitrogens with two attached hydrogens (primary N) is 1. The minimum Gasteiger partial charge on any atom is -0.326 e. The van der Waals surface area contributed by atoms with Crippen molar-refractivity contribution in [2.45, 2.75) is 26.3 Å². The zero-order chi connectivity index (χ0) is 11.5. The van der Waals surface area contributed by atoms with Gasteiger partial charge in [-0.2, -0.15) is 5.10 Å². The summed E-state index contributed by atoms with van der Waals surface area (Å²) in [6.07, 6.45) is 5.64. The fraction of sp³-hybridized carbons (Fsp3) is 0.333. The van der Waals surface area contributed by atoms with Gasteiger partial charge in [0.05, 0.1) is 6.20 Å². The predicted molar refractivity (Wildman–Crippen MR) is 63.3 cm³/mol. The van der Waals surface area contributed by atoms with Crippen LogP contribution in [0.5, 0.6) is 0 Å². The van der Waals surface area contributed by atoms with Crippen molar-refractivity contribution in [2.24, 2.45) is 5.73 Å². The molecule has 4 nitrogen and oxygen atoms in total. The Bertz CT molecular complexity index is 473. The van der Waals surface area contributed by atoms with Gasteiger partial charge in [-0.25, -0.2) is 9.67 Å². The minimum atomic E-state index is 0.471. The summed E-state index contributed by atoms with van der Waals surface area (Å²) >= 11 is 0. The van der Waals surface area contributed by atoms with Crippen molar-refractivity contribution in [2.75, 3.05) is 0 Å². The lowest BCUT2D eigenvalue weighted by Crippen LogP contribution is -2.06. The number of pyridine rings is 1. The Balaban J connectivity index is 2.42. The summed E-state index contributed by atoms with van der Waals surface area (Å²) in [6.45, 7) is 4.76. The summed E-state index contributed by atoms with van der Waals surface area (Å²) in [5.74, 6) is 1.29. The molecule has 0 aliphatic rings. The van der Waals surface area contributed by atoms with E-state index in [1.165, 1.54) is 5.56 Å². The van der Waals surface area contributed by atoms with Gasteiger partial charge in [-0.3, -0.25) is 0 Å². The molecule has 0 aromatic carbocycles. The first-order valence-electron chi connectivity index (χ1n) is 5.41. The van der Waals surface area contributed by atoms with Crippen molar-refractivity contribution < 1.29 is 0 Å². The average Bonchev–Trinajstić information content (AvgIpc) is 2.78. The zero-order valence-corrected chi connectivity index (χ0v) is 9.59. The van der Waals surface area contributed by atoms with Gasteiger partial charge in [-0.05, 0) is 17.5 Å². The number of rotatable bonds is 3. The minimum absolute atomic E-state index is 0.471. The zero-order valence-electron chi connectivity index (χ0n) is 9.59. The van der Waals surface area contributed by atoms with E-state index in [1.807, 2.05) is 24.5 Å². The Morgan fingerprint density at radius 3 is 2.88 bits per heavy atom. The largest absolute Gasteiger partial charge is 0.326 e. The highest BCUT2D eigenvalue weighted by molar-refractivity contribution is 5.33. The number of nitrogens with zero attached hydrogens (tertiary/aromatic N) is 3. The van der Waals surface area contributed by atoms with Crippen molar-refractivity contribution in [1.82, 2.24) is 14.8 Å². The monoisotopic (exact) mass is 216 g/mol. The molecule has 2 rings (SSSR count). The molecule has 0 bridgehead atoms. The summed E-state index contributed by atoms with van der Waals surface area (Å²) in [4.78, 5) is 4.31. The van der Waals surface area contributed by atoms with E-state index in [2.05, 4.69) is 23.9 Å². The molecule has 2 N–H and O–H groups in total. The fourth-order valence-corrected chi connectivity index (χ4v) is 1.55. The van der Waals surface area contributed by atoms with Crippen LogP contribution in [0.1, 0.15) is 30.9 Å². The molecule has 0 radical (unpaired) electrons. The van der Waals surface area contributed by atoms with E-state index in [4.69, 9.17) is 5.73 Å². The second kappa shape index (κ2) is 4.45. The van der Waals surface area contributed by atoms with Crippen LogP contribution in [0.2, 0.25) is 0 Å². The summed E-state index contributed by atoms with van der Waals surface area (Å²) in [6, 6.07) is 3.86. The molecule has 16 heavy (non-hydrogen) atoms. The molecule has 4 heteroatoms. The molecule has 0 atom stereocenters. The Morgan fingerprint density at radius 2 is 2.25 bits per heavy atom. The fourth-order valence-electron chi connectivity index (χ4n) is 1.55. The number of hydrogen-bond donors (Lipinski definition) is 1. The van der Waals surface area contributed by atoms with Gasteiger partial charge in [-0.1, -0.05) is 19.9 Å². The smallest absolute Gasteiger partial charge is 0.157 e. The summed E-state index contributed by atoms with van der Waals surface area (Å²) in [5.41, 5.74) is 7.88. The molecule has 0 aliphatic carbocycles. The van der Waals surface area contributed by atoms with Crippen LogP contribution in [0.15, 0.2) is 30.7 Å². The lowest BCUT2D eigenvalue weighted by Gasteiger charge is -2.05. The van der Waals surface area contributed by atoms with Crippen LogP contribution in [0, 0.1) is 0 Å². The predicted octanol–water partition coefficient (Wildman–Crippen LogP) is 1.85. The van der Waals surface area contributed by atoms with Crippen molar-refractivity contribution in [1.29, 1.82) is 0 Å². The van der Waals surface area contributed by atoms with Gasteiger partial charge in [0.1, 0.15) is 0 Å². The van der Waals surface area contributed by atoms with Gasteiger partial charge in [0, 0.05) is 24.5 Å². The maximum atomic E-state index is 5.67. The van der Waals surface area contributed by atoms with Crippen LogP contribution in [-0.2, 0) is 6.54 Å². The van der Waals surface area contributed by atoms with Crippen LogP contribution < -0.4 is 5.73 Å². The normalized spacial score (nSPS) is 11.0. The molecule has 0 spiro atoms. The van der Waals surface area contributed by atoms with E-state index in [1.54, 1.807) is 10.9 Å². The summed E-state index contributed by atoms with van der Waals surface area (Å²) in [7, 11) is 0. The second-order valence-corrected chi connectivity index (χ2v) is 4.06. The molecule has 0 saturated carbocycles. The Kier molecular flexibility index (Phi) is 3.01. The molecule has 0 aliphatic heterocycles. The highest BCUT2D eigenvalue weighted by Crippen LogP contribution is 2.16. The third-order valence-electron chi connectivity index (χ3n) is 2.57. The van der Waals surface area contributed by atoms with E-state index >= 15 is 0 Å². The topological polar surface area (TPSA) is 56.7 Å². The Morgan fingerprint density at radius 1 is 1.44 bits per heavy atom. The van der Waals surface area contributed by atoms with E-state index in [0.717, 1.165) is 11.4 Å². The van der Waals surface area contributed by atoms with E-state index in [0.29, 0.717) is 12.5 Å². The van der Waals surface area contributed by atoms with Gasteiger partial charge in [0.2, 0.25) is 0 Å². The second-order valence-electron chi connectivity index (χ2n) is 4.06. The first-order valence-corrected chi connectivity index (χ1v) is 5.41. The summed E-state index contributed by atoms with van der Waals surface area (Å²) in [5, 5.41) is 4.31. The van der Waals surface area contributed by atoms with Crippen molar-refractivity contribution in [3.05, 3.63) is 41.9 Å². The van der Waals surface area contributed by atoms with Gasteiger partial charge >= 0.3 is 0 Å². The van der Waals surface area contributed by atoms with E-state index < -0.39 is 0 Å². The molecule has 0 saturated heterocycles. The lowest BCUT2D eigenvalue weighted by atomic mass is 10.1. The van der Waals surface area contributed by atoms with Crippen molar-refractivity contribution in [3.8, 4) is 5.82 Å². The quantitative estimate of drug-likeness (QED) is 0.851.